The predicted octanol–water partition coefficient (Wildman–Crippen LogP) is 5.01. The van der Waals surface area contributed by atoms with E-state index in [1.165, 1.54) is 11.8 Å². The minimum atomic E-state index is -0.838. The third kappa shape index (κ3) is 6.62. The van der Waals surface area contributed by atoms with Gasteiger partial charge in [0.2, 0.25) is 0 Å². The Morgan fingerprint density at radius 3 is 2.32 bits per heavy atom. The van der Waals surface area contributed by atoms with Crippen LogP contribution in [0.1, 0.15) is 34.0 Å². The molecule has 4 N–H and O–H groups in total. The minimum absolute atomic E-state index is 0.0292. The summed E-state index contributed by atoms with van der Waals surface area (Å²) in [5.41, 5.74) is 3.05. The second kappa shape index (κ2) is 11.4. The molecule has 1 atom stereocenters. The molecule has 0 aromatic heterocycles. The first kappa shape index (κ1) is 23.4. The van der Waals surface area contributed by atoms with E-state index in [-0.39, 0.29) is 17.6 Å². The number of hydrogen-bond acceptors (Lipinski definition) is 6. The number of aliphatic imine (C=N–C) groups is 1. The van der Waals surface area contributed by atoms with Crippen molar-refractivity contribution >= 4 is 41.0 Å². The molecular weight excluding hydrogens is 448 g/mol. The van der Waals surface area contributed by atoms with Crippen LogP contribution in [0.3, 0.4) is 0 Å². The van der Waals surface area contributed by atoms with Crippen molar-refractivity contribution < 1.29 is 14.7 Å². The maximum atomic E-state index is 12.6. The fourth-order valence-electron chi connectivity index (χ4n) is 3.50. The summed E-state index contributed by atoms with van der Waals surface area (Å²) in [7, 11) is 0. The van der Waals surface area contributed by atoms with Gasteiger partial charge < -0.3 is 21.1 Å². The normalized spacial score (nSPS) is 13.8. The number of aliphatic carboxylic acids is 1. The Kier molecular flexibility index (Phi) is 7.83. The lowest BCUT2D eigenvalue weighted by atomic mass is 10.1. The van der Waals surface area contributed by atoms with Crippen molar-refractivity contribution in [3.63, 3.8) is 0 Å². The third-order valence-corrected chi connectivity index (χ3v) is 6.50. The molecule has 34 heavy (non-hydrogen) atoms. The van der Waals surface area contributed by atoms with Crippen LogP contribution in [0.25, 0.3) is 0 Å². The third-order valence-electron chi connectivity index (χ3n) is 5.23. The quantitative estimate of drug-likeness (QED) is 0.342. The molecule has 1 unspecified atom stereocenters. The van der Waals surface area contributed by atoms with Gasteiger partial charge in [0, 0.05) is 40.2 Å². The van der Waals surface area contributed by atoms with Crippen LogP contribution in [0.5, 0.6) is 0 Å². The van der Waals surface area contributed by atoms with Crippen LogP contribution >= 0.6 is 11.8 Å². The van der Waals surface area contributed by atoms with Gasteiger partial charge in [-0.25, -0.2) is 0 Å². The average Bonchev–Trinajstić information content (AvgIpc) is 2.86. The van der Waals surface area contributed by atoms with Gasteiger partial charge >= 0.3 is 5.97 Å². The van der Waals surface area contributed by atoms with Gasteiger partial charge in [-0.05, 0) is 60.5 Å². The Balaban J connectivity index is 1.35. The Hall–Kier alpha value is -3.78. The number of carbonyl (C=O) groups excluding carboxylic acids is 1. The number of carboxylic acids is 1. The van der Waals surface area contributed by atoms with Gasteiger partial charge in [0.05, 0.1) is 6.42 Å². The number of nitrogens with one attached hydrogen (secondary N) is 3. The monoisotopic (exact) mass is 474 g/mol. The van der Waals surface area contributed by atoms with Crippen LogP contribution in [0.4, 0.5) is 11.4 Å². The van der Waals surface area contributed by atoms with Crippen LogP contribution < -0.4 is 16.0 Å². The number of anilines is 2. The van der Waals surface area contributed by atoms with Gasteiger partial charge in [0.25, 0.3) is 5.91 Å². The highest BCUT2D eigenvalue weighted by Gasteiger charge is 2.17. The fourth-order valence-corrected chi connectivity index (χ4v) is 4.64. The molecule has 0 fully saturated rings. The van der Waals surface area contributed by atoms with E-state index in [0.717, 1.165) is 41.6 Å². The Labute approximate surface area is 202 Å². The summed E-state index contributed by atoms with van der Waals surface area (Å²) in [4.78, 5) is 29.3. The summed E-state index contributed by atoms with van der Waals surface area (Å²) < 4.78 is 0. The van der Waals surface area contributed by atoms with Crippen molar-refractivity contribution in [2.75, 3.05) is 23.7 Å². The summed E-state index contributed by atoms with van der Waals surface area (Å²) >= 11 is 1.49. The molecule has 0 spiro atoms. The molecule has 1 aliphatic rings. The first-order chi connectivity index (χ1) is 16.6. The molecular formula is C26H26N4O3S. The van der Waals surface area contributed by atoms with E-state index in [4.69, 9.17) is 0 Å². The summed E-state index contributed by atoms with van der Waals surface area (Å²) in [6.45, 7) is 1.70. The van der Waals surface area contributed by atoms with Crippen LogP contribution in [0.15, 0.2) is 88.8 Å². The molecule has 0 bridgehead atoms. The molecule has 0 saturated heterocycles. The highest BCUT2D eigenvalue weighted by atomic mass is 32.2. The largest absolute Gasteiger partial charge is 0.481 e. The summed E-state index contributed by atoms with van der Waals surface area (Å²) in [6, 6.07) is 24.3. The van der Waals surface area contributed by atoms with E-state index < -0.39 is 5.97 Å². The van der Waals surface area contributed by atoms with E-state index in [0.29, 0.717) is 11.3 Å². The lowest BCUT2D eigenvalue weighted by molar-refractivity contribution is -0.137. The van der Waals surface area contributed by atoms with Crippen LogP contribution in [0, 0.1) is 0 Å². The average molecular weight is 475 g/mol. The van der Waals surface area contributed by atoms with Gasteiger partial charge in [-0.2, -0.15) is 0 Å². The zero-order valence-electron chi connectivity index (χ0n) is 18.5. The highest BCUT2D eigenvalue weighted by Crippen LogP contribution is 2.38. The molecule has 174 valence electrons. The Bertz CT molecular complexity index is 1150. The minimum Gasteiger partial charge on any atom is -0.481 e. The Morgan fingerprint density at radius 1 is 0.971 bits per heavy atom. The molecule has 8 heteroatoms. The number of hydrogen-bond donors (Lipinski definition) is 4. The van der Waals surface area contributed by atoms with Crippen molar-refractivity contribution in [3.05, 3.63) is 90.0 Å². The van der Waals surface area contributed by atoms with Crippen molar-refractivity contribution in [1.29, 1.82) is 0 Å². The molecule has 1 amide bonds. The molecule has 3 aromatic rings. The van der Waals surface area contributed by atoms with Gasteiger partial charge in [0.15, 0.2) is 5.96 Å². The number of carbonyl (C=O) groups is 2. The lowest BCUT2D eigenvalue weighted by Crippen LogP contribution is -2.35. The van der Waals surface area contributed by atoms with E-state index in [9.17, 15) is 14.7 Å². The standard InChI is InChI=1S/C26H26N4O3S/c31-24(32)17-23(18-5-2-1-3-6-18)34-22-13-11-20(12-14-22)29-25(33)19-7-9-21(10-8-19)30-26-27-15-4-16-28-26/h1-3,5-14,23H,4,15-17H2,(H,29,33)(H,31,32)(H2,27,28,30). The number of carboxylic acid groups (broad SMARTS) is 1. The number of benzene rings is 3. The predicted molar refractivity (Wildman–Crippen MR) is 137 cm³/mol. The van der Waals surface area contributed by atoms with Crippen molar-refractivity contribution in [3.8, 4) is 0 Å². The van der Waals surface area contributed by atoms with Crippen LogP contribution in [0.2, 0.25) is 0 Å². The number of rotatable bonds is 8. The molecule has 4 rings (SSSR count). The number of guanidine groups is 1. The van der Waals surface area contributed by atoms with Crippen LogP contribution in [-0.2, 0) is 4.79 Å². The topological polar surface area (TPSA) is 103 Å². The van der Waals surface area contributed by atoms with Gasteiger partial charge in [-0.1, -0.05) is 30.3 Å². The maximum Gasteiger partial charge on any atom is 0.304 e. The first-order valence-corrected chi connectivity index (χ1v) is 11.9. The summed E-state index contributed by atoms with van der Waals surface area (Å²) in [5, 5.41) is 18.4. The van der Waals surface area contributed by atoms with E-state index in [1.807, 2.05) is 66.7 Å². The van der Waals surface area contributed by atoms with E-state index >= 15 is 0 Å². The smallest absolute Gasteiger partial charge is 0.304 e. The second-order valence-electron chi connectivity index (χ2n) is 7.81. The number of thioether (sulfide) groups is 1. The van der Waals surface area contributed by atoms with Gasteiger partial charge in [-0.15, -0.1) is 11.8 Å². The SMILES string of the molecule is O=C(O)CC(Sc1ccc(NC(=O)c2ccc(NC3=NCCCN3)cc2)cc1)c1ccccc1. The van der Waals surface area contributed by atoms with Gasteiger partial charge in [-0.3, -0.25) is 14.6 Å². The molecule has 0 aliphatic carbocycles. The van der Waals surface area contributed by atoms with Gasteiger partial charge in [0.1, 0.15) is 0 Å². The second-order valence-corrected chi connectivity index (χ2v) is 9.08. The van der Waals surface area contributed by atoms with Crippen LogP contribution in [-0.4, -0.2) is 36.0 Å². The van der Waals surface area contributed by atoms with E-state index in [1.54, 1.807) is 12.1 Å². The maximum absolute atomic E-state index is 12.6. The Morgan fingerprint density at radius 2 is 1.68 bits per heavy atom. The first-order valence-electron chi connectivity index (χ1n) is 11.1. The molecule has 0 saturated carbocycles. The van der Waals surface area contributed by atoms with Crippen molar-refractivity contribution in [2.24, 2.45) is 4.99 Å². The van der Waals surface area contributed by atoms with E-state index in [2.05, 4.69) is 20.9 Å². The zero-order valence-corrected chi connectivity index (χ0v) is 19.3. The lowest BCUT2D eigenvalue weighted by Gasteiger charge is -2.16. The number of nitrogens with zero attached hydrogens (tertiary/aromatic N) is 1. The molecule has 1 heterocycles. The van der Waals surface area contributed by atoms with Crippen molar-refractivity contribution in [1.82, 2.24) is 5.32 Å². The fraction of sp³-hybridized carbons (Fsp3) is 0.192. The molecule has 7 nitrogen and oxygen atoms in total. The molecule has 0 radical (unpaired) electrons. The molecule has 3 aromatic carbocycles. The molecule has 1 aliphatic heterocycles. The van der Waals surface area contributed by atoms with Crippen molar-refractivity contribution in [2.45, 2.75) is 23.0 Å². The highest BCUT2D eigenvalue weighted by molar-refractivity contribution is 7.99. The summed E-state index contributed by atoms with van der Waals surface area (Å²) in [6.07, 6.45) is 1.06. The summed E-state index contributed by atoms with van der Waals surface area (Å²) in [5.74, 6) is -0.290. The number of amides is 1. The zero-order chi connectivity index (χ0) is 23.8.